The van der Waals surface area contributed by atoms with E-state index in [0.717, 1.165) is 0 Å². The lowest BCUT2D eigenvalue weighted by atomic mass is 9.99. The fourth-order valence-electron chi connectivity index (χ4n) is 1.85. The maximum absolute atomic E-state index is 13.8. The second kappa shape index (κ2) is 5.87. The molecule has 0 fully saturated rings. The van der Waals surface area contributed by atoms with Crippen LogP contribution >= 0.6 is 23.2 Å². The molecule has 0 aliphatic rings. The van der Waals surface area contributed by atoms with Crippen LogP contribution < -0.4 is 5.73 Å². The third-order valence-corrected chi connectivity index (χ3v) is 3.47. The van der Waals surface area contributed by atoms with Crippen molar-refractivity contribution >= 4 is 23.2 Å². The van der Waals surface area contributed by atoms with Crippen LogP contribution in [0.15, 0.2) is 36.4 Å². The van der Waals surface area contributed by atoms with Gasteiger partial charge in [-0.2, -0.15) is 0 Å². The van der Waals surface area contributed by atoms with Crippen LogP contribution in [0.2, 0.25) is 10.0 Å². The van der Waals surface area contributed by atoms with Crippen LogP contribution in [-0.2, 0) is 6.42 Å². The van der Waals surface area contributed by atoms with E-state index in [1.54, 1.807) is 12.1 Å². The SMILES string of the molecule is NC(Cc1cccc(Cl)c1F)c1cc(F)ccc1Cl. The van der Waals surface area contributed by atoms with Gasteiger partial charge in [0.15, 0.2) is 0 Å². The highest BCUT2D eigenvalue weighted by atomic mass is 35.5. The first-order valence-electron chi connectivity index (χ1n) is 5.62. The molecule has 0 saturated heterocycles. The standard InChI is InChI=1S/C14H11Cl2F2N/c15-11-5-4-9(17)7-10(11)13(19)6-8-2-1-3-12(16)14(8)18/h1-5,7,13H,6,19H2. The molecule has 0 aromatic heterocycles. The summed E-state index contributed by atoms with van der Waals surface area (Å²) >= 11 is 11.7. The topological polar surface area (TPSA) is 26.0 Å². The van der Waals surface area contributed by atoms with Crippen molar-refractivity contribution in [3.05, 3.63) is 69.2 Å². The Kier molecular flexibility index (Phi) is 4.40. The average Bonchev–Trinajstić information content (AvgIpc) is 2.38. The zero-order valence-electron chi connectivity index (χ0n) is 9.84. The second-order valence-electron chi connectivity index (χ2n) is 4.19. The molecule has 0 heterocycles. The van der Waals surface area contributed by atoms with Crippen LogP contribution in [-0.4, -0.2) is 0 Å². The third-order valence-electron chi connectivity index (χ3n) is 2.83. The van der Waals surface area contributed by atoms with Gasteiger partial charge in [-0.1, -0.05) is 35.3 Å². The van der Waals surface area contributed by atoms with Gasteiger partial charge < -0.3 is 5.73 Å². The fraction of sp³-hybridized carbons (Fsp3) is 0.143. The fourth-order valence-corrected chi connectivity index (χ4v) is 2.30. The van der Waals surface area contributed by atoms with Gasteiger partial charge in [-0.15, -0.1) is 0 Å². The van der Waals surface area contributed by atoms with Crippen molar-refractivity contribution in [3.63, 3.8) is 0 Å². The predicted molar refractivity (Wildman–Crippen MR) is 73.5 cm³/mol. The van der Waals surface area contributed by atoms with Gasteiger partial charge in [0, 0.05) is 11.1 Å². The van der Waals surface area contributed by atoms with E-state index < -0.39 is 17.7 Å². The molecular formula is C14H11Cl2F2N. The molecule has 2 aromatic rings. The Morgan fingerprint density at radius 1 is 1.05 bits per heavy atom. The number of benzene rings is 2. The molecule has 100 valence electrons. The molecule has 0 saturated carbocycles. The Morgan fingerprint density at radius 2 is 1.79 bits per heavy atom. The molecule has 0 aliphatic heterocycles. The summed E-state index contributed by atoms with van der Waals surface area (Å²) in [6.07, 6.45) is 0.190. The Balaban J connectivity index is 2.28. The Bertz CT molecular complexity index is 602. The van der Waals surface area contributed by atoms with Gasteiger partial charge in [0.05, 0.1) is 5.02 Å². The lowest BCUT2D eigenvalue weighted by Crippen LogP contribution is -2.15. The van der Waals surface area contributed by atoms with Gasteiger partial charge >= 0.3 is 0 Å². The summed E-state index contributed by atoms with van der Waals surface area (Å²) in [7, 11) is 0. The normalized spacial score (nSPS) is 12.5. The van der Waals surface area contributed by atoms with Gasteiger partial charge in [-0.3, -0.25) is 0 Å². The Labute approximate surface area is 119 Å². The molecule has 0 bridgehead atoms. The van der Waals surface area contributed by atoms with Gasteiger partial charge in [-0.25, -0.2) is 8.78 Å². The first-order valence-corrected chi connectivity index (χ1v) is 6.38. The van der Waals surface area contributed by atoms with Gasteiger partial charge in [-0.05, 0) is 41.8 Å². The Hall–Kier alpha value is -1.16. The highest BCUT2D eigenvalue weighted by Crippen LogP contribution is 2.27. The number of rotatable bonds is 3. The van der Waals surface area contributed by atoms with Crippen molar-refractivity contribution in [1.82, 2.24) is 0 Å². The third kappa shape index (κ3) is 3.24. The summed E-state index contributed by atoms with van der Waals surface area (Å²) in [5.41, 5.74) is 6.78. The molecule has 0 radical (unpaired) electrons. The maximum Gasteiger partial charge on any atom is 0.145 e. The first-order chi connectivity index (χ1) is 8.99. The van der Waals surface area contributed by atoms with Crippen molar-refractivity contribution in [2.24, 2.45) is 5.73 Å². The van der Waals surface area contributed by atoms with E-state index in [4.69, 9.17) is 28.9 Å². The second-order valence-corrected chi connectivity index (χ2v) is 5.00. The zero-order chi connectivity index (χ0) is 14.0. The summed E-state index contributed by atoms with van der Waals surface area (Å²) in [4.78, 5) is 0. The summed E-state index contributed by atoms with van der Waals surface area (Å²) in [6.45, 7) is 0. The van der Waals surface area contributed by atoms with Crippen molar-refractivity contribution in [2.45, 2.75) is 12.5 Å². The van der Waals surface area contributed by atoms with E-state index in [2.05, 4.69) is 0 Å². The average molecular weight is 302 g/mol. The molecule has 2 N–H and O–H groups in total. The van der Waals surface area contributed by atoms with Crippen LogP contribution in [0.4, 0.5) is 8.78 Å². The van der Waals surface area contributed by atoms with Crippen LogP contribution in [0.1, 0.15) is 17.2 Å². The van der Waals surface area contributed by atoms with Crippen LogP contribution in [0, 0.1) is 11.6 Å². The van der Waals surface area contributed by atoms with Crippen molar-refractivity contribution in [3.8, 4) is 0 Å². The molecule has 0 spiro atoms. The highest BCUT2D eigenvalue weighted by molar-refractivity contribution is 6.31. The quantitative estimate of drug-likeness (QED) is 0.886. The minimum Gasteiger partial charge on any atom is -0.324 e. The molecule has 1 unspecified atom stereocenters. The van der Waals surface area contributed by atoms with Crippen LogP contribution in [0.3, 0.4) is 0 Å². The minimum atomic E-state index is -0.601. The Morgan fingerprint density at radius 3 is 2.53 bits per heavy atom. The molecule has 2 rings (SSSR count). The van der Waals surface area contributed by atoms with Gasteiger partial charge in [0.2, 0.25) is 0 Å². The number of nitrogens with two attached hydrogens (primary N) is 1. The number of hydrogen-bond donors (Lipinski definition) is 1. The van der Waals surface area contributed by atoms with Gasteiger partial charge in [0.1, 0.15) is 11.6 Å². The first kappa shape index (κ1) is 14.3. The molecular weight excluding hydrogens is 291 g/mol. The van der Waals surface area contributed by atoms with E-state index in [-0.39, 0.29) is 11.4 Å². The summed E-state index contributed by atoms with van der Waals surface area (Å²) < 4.78 is 26.9. The van der Waals surface area contributed by atoms with Gasteiger partial charge in [0.25, 0.3) is 0 Å². The number of halogens is 4. The largest absolute Gasteiger partial charge is 0.324 e. The van der Waals surface area contributed by atoms with Crippen molar-refractivity contribution < 1.29 is 8.78 Å². The maximum atomic E-state index is 13.8. The summed E-state index contributed by atoms with van der Waals surface area (Å²) in [6, 6.07) is 8.03. The monoisotopic (exact) mass is 301 g/mol. The molecule has 2 aromatic carbocycles. The van der Waals surface area contributed by atoms with E-state index in [9.17, 15) is 8.78 Å². The minimum absolute atomic E-state index is 0.0371. The molecule has 19 heavy (non-hydrogen) atoms. The molecule has 0 amide bonds. The van der Waals surface area contributed by atoms with Crippen LogP contribution in [0.5, 0.6) is 0 Å². The highest BCUT2D eigenvalue weighted by Gasteiger charge is 2.15. The molecule has 1 nitrogen and oxygen atoms in total. The molecule has 0 aliphatic carbocycles. The lowest BCUT2D eigenvalue weighted by molar-refractivity contribution is 0.589. The van der Waals surface area contributed by atoms with E-state index in [0.29, 0.717) is 16.1 Å². The van der Waals surface area contributed by atoms with E-state index in [1.807, 2.05) is 0 Å². The van der Waals surface area contributed by atoms with Crippen molar-refractivity contribution in [1.29, 1.82) is 0 Å². The number of hydrogen-bond acceptors (Lipinski definition) is 1. The summed E-state index contributed by atoms with van der Waals surface area (Å²) in [5.74, 6) is -0.937. The summed E-state index contributed by atoms with van der Waals surface area (Å²) in [5, 5.41) is 0.395. The smallest absolute Gasteiger partial charge is 0.145 e. The van der Waals surface area contributed by atoms with Crippen LogP contribution in [0.25, 0.3) is 0 Å². The lowest BCUT2D eigenvalue weighted by Gasteiger charge is -2.14. The molecule has 1 atom stereocenters. The zero-order valence-corrected chi connectivity index (χ0v) is 11.3. The van der Waals surface area contributed by atoms with E-state index >= 15 is 0 Å². The molecule has 5 heteroatoms. The van der Waals surface area contributed by atoms with Crippen molar-refractivity contribution in [2.75, 3.05) is 0 Å². The van der Waals surface area contributed by atoms with E-state index in [1.165, 1.54) is 24.3 Å². The predicted octanol–water partition coefficient (Wildman–Crippen LogP) is 4.51.